The van der Waals surface area contributed by atoms with E-state index in [0.717, 1.165) is 17.9 Å². The summed E-state index contributed by atoms with van der Waals surface area (Å²) in [5.74, 6) is 2.17. The maximum atomic E-state index is 5.51. The van der Waals surface area contributed by atoms with Crippen molar-refractivity contribution in [3.8, 4) is 22.3 Å². The van der Waals surface area contributed by atoms with Crippen LogP contribution in [0.15, 0.2) is 138 Å². The van der Waals surface area contributed by atoms with Gasteiger partial charge in [-0.3, -0.25) is 0 Å². The summed E-state index contributed by atoms with van der Waals surface area (Å²) in [6.45, 7) is 0. The van der Waals surface area contributed by atoms with Crippen molar-refractivity contribution in [1.29, 1.82) is 0 Å². The molecule has 226 valence electrons. The Labute approximate surface area is 279 Å². The highest BCUT2D eigenvalue weighted by atomic mass is 32.2. The third kappa shape index (κ3) is 6.24. The summed E-state index contributed by atoms with van der Waals surface area (Å²) in [6.07, 6.45) is 9.15. The summed E-state index contributed by atoms with van der Waals surface area (Å²) in [5.41, 5.74) is 19.9. The molecule has 1 aliphatic rings. The highest BCUT2D eigenvalue weighted by Crippen LogP contribution is 2.33. The van der Waals surface area contributed by atoms with Gasteiger partial charge in [-0.25, -0.2) is 0 Å². The molecule has 0 aromatic heterocycles. The van der Waals surface area contributed by atoms with Crippen molar-refractivity contribution >= 4 is 57.2 Å². The Bertz CT molecular complexity index is 2180. The Balaban J connectivity index is 1.35. The van der Waals surface area contributed by atoms with E-state index in [2.05, 4.69) is 127 Å². The monoisotopic (exact) mass is 632 g/mol. The van der Waals surface area contributed by atoms with Crippen LogP contribution in [0.4, 0.5) is 0 Å². The standard InChI is InChI=1S/C42H36N2S2/c43-20-22-45-27-29-6-10-32(11-7-29)35-14-17-37-38-18-15-36(33-12-8-30(9-13-33)28-46-23-21-44)26-41(38)42-25-34(31-4-2-1-3-5-31)16-19-39(42)40(37)24-35/h1-13,15-26,35H,14,27-28,43-44H2/b22-20-,23-21-. The molecule has 0 amide bonds. The highest BCUT2D eigenvalue weighted by Gasteiger charge is 2.16. The molecular weight excluding hydrogens is 597 g/mol. The minimum absolute atomic E-state index is 0.337. The van der Waals surface area contributed by atoms with Gasteiger partial charge in [0.25, 0.3) is 0 Å². The number of nitrogens with two attached hydrogens (primary N) is 2. The topological polar surface area (TPSA) is 52.0 Å². The summed E-state index contributed by atoms with van der Waals surface area (Å²) in [6, 6.07) is 42.7. The lowest BCUT2D eigenvalue weighted by Crippen LogP contribution is -2.30. The normalized spacial score (nSPS) is 14.5. The van der Waals surface area contributed by atoms with Crippen LogP contribution < -0.4 is 21.9 Å². The van der Waals surface area contributed by atoms with E-state index in [1.165, 1.54) is 70.9 Å². The Morgan fingerprint density at radius 1 is 0.543 bits per heavy atom. The molecule has 0 radical (unpaired) electrons. The zero-order chi connectivity index (χ0) is 31.3. The van der Waals surface area contributed by atoms with Gasteiger partial charge >= 0.3 is 0 Å². The van der Waals surface area contributed by atoms with E-state index in [9.17, 15) is 0 Å². The molecule has 46 heavy (non-hydrogen) atoms. The average Bonchev–Trinajstić information content (AvgIpc) is 3.12. The molecule has 4 heteroatoms. The van der Waals surface area contributed by atoms with Gasteiger partial charge in [-0.15, -0.1) is 23.5 Å². The number of hydrogen-bond acceptors (Lipinski definition) is 4. The fraction of sp³-hybridized carbons (Fsp3) is 0.0952. The summed E-state index contributed by atoms with van der Waals surface area (Å²) in [4.78, 5) is 0. The lowest BCUT2D eigenvalue weighted by atomic mass is 9.85. The van der Waals surface area contributed by atoms with Crippen LogP contribution in [0.5, 0.6) is 0 Å². The van der Waals surface area contributed by atoms with Crippen molar-refractivity contribution in [2.24, 2.45) is 11.5 Å². The fourth-order valence-electron chi connectivity index (χ4n) is 6.48. The minimum atomic E-state index is 0.337. The van der Waals surface area contributed by atoms with Gasteiger partial charge in [-0.2, -0.15) is 0 Å². The van der Waals surface area contributed by atoms with Crippen LogP contribution in [0, 0.1) is 0 Å². The summed E-state index contributed by atoms with van der Waals surface area (Å²) >= 11 is 3.43. The first-order valence-electron chi connectivity index (χ1n) is 15.6. The number of hydrogen-bond donors (Lipinski definition) is 2. The van der Waals surface area contributed by atoms with Crippen LogP contribution >= 0.6 is 23.5 Å². The first kappa shape index (κ1) is 30.0. The van der Waals surface area contributed by atoms with Crippen molar-refractivity contribution in [3.05, 3.63) is 166 Å². The molecular formula is C42H36N2S2. The van der Waals surface area contributed by atoms with E-state index in [1.807, 2.05) is 10.8 Å². The third-order valence-electron chi connectivity index (χ3n) is 8.80. The molecule has 6 aromatic rings. The van der Waals surface area contributed by atoms with Crippen LogP contribution in [-0.4, -0.2) is 0 Å². The largest absolute Gasteiger partial charge is 0.404 e. The van der Waals surface area contributed by atoms with Crippen molar-refractivity contribution < 1.29 is 0 Å². The molecule has 4 N–H and O–H groups in total. The number of rotatable bonds is 9. The first-order valence-corrected chi connectivity index (χ1v) is 17.7. The van der Waals surface area contributed by atoms with Gasteiger partial charge < -0.3 is 11.5 Å². The van der Waals surface area contributed by atoms with Crippen LogP contribution in [0.25, 0.3) is 56.0 Å². The summed E-state index contributed by atoms with van der Waals surface area (Å²) < 4.78 is 0. The third-order valence-corrected chi connectivity index (χ3v) is 10.5. The molecule has 0 fully saturated rings. The van der Waals surface area contributed by atoms with E-state index >= 15 is 0 Å². The molecule has 0 bridgehead atoms. The van der Waals surface area contributed by atoms with Crippen LogP contribution in [-0.2, 0) is 11.5 Å². The van der Waals surface area contributed by atoms with Crippen LogP contribution in [0.1, 0.15) is 29.0 Å². The second-order valence-corrected chi connectivity index (χ2v) is 13.4. The van der Waals surface area contributed by atoms with Crippen LogP contribution in [0.2, 0.25) is 0 Å². The Hall–Kier alpha value is -4.64. The average molecular weight is 633 g/mol. The van der Waals surface area contributed by atoms with E-state index in [0.29, 0.717) is 5.92 Å². The number of benzene rings is 6. The second-order valence-electron chi connectivity index (χ2n) is 11.6. The van der Waals surface area contributed by atoms with Gasteiger partial charge in [0.15, 0.2) is 0 Å². The van der Waals surface area contributed by atoms with Gasteiger partial charge in [0.05, 0.1) is 0 Å². The number of thioether (sulfide) groups is 2. The second kappa shape index (κ2) is 13.8. The van der Waals surface area contributed by atoms with Crippen LogP contribution in [0.3, 0.4) is 0 Å². The van der Waals surface area contributed by atoms with Gasteiger partial charge in [0, 0.05) is 29.8 Å². The van der Waals surface area contributed by atoms with E-state index in [4.69, 9.17) is 11.5 Å². The molecule has 1 unspecified atom stereocenters. The Morgan fingerprint density at radius 3 is 1.65 bits per heavy atom. The SMILES string of the molecule is N/C=C\SCc1ccc(-c2ccc3c4c(c5ccc(-c6ccccc6)cc5c3c2)=CC(c2ccc(CS/C=C\N)cc2)CC=4)cc1. The summed E-state index contributed by atoms with van der Waals surface area (Å²) in [7, 11) is 0. The van der Waals surface area contributed by atoms with Crippen molar-refractivity contribution in [1.82, 2.24) is 0 Å². The van der Waals surface area contributed by atoms with E-state index in [1.54, 1.807) is 35.9 Å². The van der Waals surface area contributed by atoms with Crippen molar-refractivity contribution in [2.45, 2.75) is 23.8 Å². The smallest absolute Gasteiger partial charge is 0.0226 e. The predicted octanol–water partition coefficient (Wildman–Crippen LogP) is 9.40. The first-order chi connectivity index (χ1) is 22.7. The van der Waals surface area contributed by atoms with E-state index < -0.39 is 0 Å². The molecule has 1 aliphatic carbocycles. The quantitative estimate of drug-likeness (QED) is 0.156. The Morgan fingerprint density at radius 2 is 1.07 bits per heavy atom. The van der Waals surface area contributed by atoms with Gasteiger partial charge in [-0.05, 0) is 100 Å². The van der Waals surface area contributed by atoms with Crippen molar-refractivity contribution in [2.75, 3.05) is 0 Å². The number of fused-ring (bicyclic) bond motifs is 6. The predicted molar refractivity (Wildman–Crippen MR) is 204 cm³/mol. The highest BCUT2D eigenvalue weighted by molar-refractivity contribution is 8.01. The zero-order valence-corrected chi connectivity index (χ0v) is 27.2. The Kier molecular flexibility index (Phi) is 9.00. The molecule has 7 rings (SSSR count). The molecule has 6 aromatic carbocycles. The zero-order valence-electron chi connectivity index (χ0n) is 25.6. The maximum absolute atomic E-state index is 5.51. The molecule has 0 heterocycles. The molecule has 0 spiro atoms. The molecule has 0 saturated carbocycles. The van der Waals surface area contributed by atoms with Gasteiger partial charge in [0.1, 0.15) is 0 Å². The van der Waals surface area contributed by atoms with Gasteiger partial charge in [-0.1, -0.05) is 115 Å². The summed E-state index contributed by atoms with van der Waals surface area (Å²) in [5, 5.41) is 11.8. The molecule has 2 nitrogen and oxygen atoms in total. The van der Waals surface area contributed by atoms with E-state index in [-0.39, 0.29) is 0 Å². The molecule has 0 aliphatic heterocycles. The lowest BCUT2D eigenvalue weighted by molar-refractivity contribution is 0.923. The lowest BCUT2D eigenvalue weighted by Gasteiger charge is -2.19. The minimum Gasteiger partial charge on any atom is -0.404 e. The maximum Gasteiger partial charge on any atom is 0.0226 e. The van der Waals surface area contributed by atoms with Gasteiger partial charge in [0.2, 0.25) is 0 Å². The molecule has 0 saturated heterocycles. The molecule has 1 atom stereocenters. The van der Waals surface area contributed by atoms with Crippen molar-refractivity contribution in [3.63, 3.8) is 0 Å². The fourth-order valence-corrected chi connectivity index (χ4v) is 7.67.